The first-order chi connectivity index (χ1) is 6.25. The number of carbonyl (C=O) groups excluding carboxylic acids is 2. The Labute approximate surface area is 77.9 Å². The van der Waals surface area contributed by atoms with Gasteiger partial charge in [-0.1, -0.05) is 12.8 Å². The van der Waals surface area contributed by atoms with E-state index < -0.39 is 0 Å². The summed E-state index contributed by atoms with van der Waals surface area (Å²) in [6.45, 7) is 0.0993. The van der Waals surface area contributed by atoms with Gasteiger partial charge in [-0.15, -0.1) is 0 Å². The molecule has 0 unspecified atom stereocenters. The molecule has 1 aliphatic carbocycles. The van der Waals surface area contributed by atoms with E-state index in [1.54, 1.807) is 0 Å². The zero-order valence-corrected chi connectivity index (χ0v) is 7.66. The molecular weight excluding hydrogens is 168 g/mol. The molecule has 1 rings (SSSR count). The van der Waals surface area contributed by atoms with Gasteiger partial charge in [0.2, 0.25) is 5.91 Å². The molecule has 0 aliphatic heterocycles. The van der Waals surface area contributed by atoms with Gasteiger partial charge in [0.05, 0.1) is 12.5 Å². The second-order valence-electron chi connectivity index (χ2n) is 3.47. The van der Waals surface area contributed by atoms with E-state index in [4.69, 9.17) is 5.73 Å². The van der Waals surface area contributed by atoms with Gasteiger partial charge in [-0.2, -0.15) is 0 Å². The highest BCUT2D eigenvalue weighted by Crippen LogP contribution is 2.22. The highest BCUT2D eigenvalue weighted by atomic mass is 16.2. The third-order valence-electron chi connectivity index (χ3n) is 2.52. The van der Waals surface area contributed by atoms with Crippen LogP contribution in [0, 0.1) is 5.92 Å². The second kappa shape index (κ2) is 4.97. The Morgan fingerprint density at radius 1 is 1.46 bits per heavy atom. The molecule has 0 aromatic rings. The lowest BCUT2D eigenvalue weighted by Crippen LogP contribution is -2.44. The molecule has 0 heterocycles. The fourth-order valence-electron chi connectivity index (χ4n) is 1.76. The van der Waals surface area contributed by atoms with Crippen molar-refractivity contribution in [2.75, 3.05) is 6.54 Å². The summed E-state index contributed by atoms with van der Waals surface area (Å²) in [5.41, 5.74) is 5.80. The monoisotopic (exact) mass is 184 g/mol. The summed E-state index contributed by atoms with van der Waals surface area (Å²) >= 11 is 0. The van der Waals surface area contributed by atoms with Crippen LogP contribution in [0.15, 0.2) is 0 Å². The lowest BCUT2D eigenvalue weighted by Gasteiger charge is -2.27. The summed E-state index contributed by atoms with van der Waals surface area (Å²) in [6, 6.07) is -0.0274. The Bertz CT molecular complexity index is 194. The number of hydrogen-bond acceptors (Lipinski definition) is 3. The number of rotatable bonds is 3. The van der Waals surface area contributed by atoms with Gasteiger partial charge in [0.15, 0.2) is 0 Å². The highest BCUT2D eigenvalue weighted by Gasteiger charge is 2.27. The third kappa shape index (κ3) is 2.81. The van der Waals surface area contributed by atoms with Gasteiger partial charge in [0.25, 0.3) is 0 Å². The summed E-state index contributed by atoms with van der Waals surface area (Å²) in [5.74, 6) is -0.159. The van der Waals surface area contributed by atoms with E-state index in [0.29, 0.717) is 6.29 Å². The van der Waals surface area contributed by atoms with Crippen LogP contribution in [0.3, 0.4) is 0 Å². The van der Waals surface area contributed by atoms with Crippen LogP contribution in [0.4, 0.5) is 0 Å². The van der Waals surface area contributed by atoms with Crippen molar-refractivity contribution in [3.05, 3.63) is 0 Å². The van der Waals surface area contributed by atoms with E-state index >= 15 is 0 Å². The third-order valence-corrected chi connectivity index (χ3v) is 2.52. The van der Waals surface area contributed by atoms with Crippen molar-refractivity contribution >= 4 is 12.2 Å². The summed E-state index contributed by atoms with van der Waals surface area (Å²) in [5, 5.41) is 2.55. The van der Waals surface area contributed by atoms with Crippen molar-refractivity contribution in [3.8, 4) is 0 Å². The van der Waals surface area contributed by atoms with Crippen LogP contribution in [0.1, 0.15) is 25.7 Å². The molecular formula is C9H16N2O2. The maximum absolute atomic E-state index is 11.4. The molecule has 0 aromatic carbocycles. The molecule has 1 saturated carbocycles. The lowest BCUT2D eigenvalue weighted by molar-refractivity contribution is -0.127. The van der Waals surface area contributed by atoms with E-state index in [0.717, 1.165) is 25.7 Å². The molecule has 74 valence electrons. The van der Waals surface area contributed by atoms with Gasteiger partial charge < -0.3 is 15.8 Å². The van der Waals surface area contributed by atoms with Crippen LogP contribution in [0.25, 0.3) is 0 Å². The van der Waals surface area contributed by atoms with E-state index in [1.807, 2.05) is 0 Å². The number of nitrogens with one attached hydrogen (secondary N) is 1. The van der Waals surface area contributed by atoms with Gasteiger partial charge in [-0.25, -0.2) is 0 Å². The van der Waals surface area contributed by atoms with Crippen molar-refractivity contribution in [1.82, 2.24) is 5.32 Å². The van der Waals surface area contributed by atoms with Crippen LogP contribution >= 0.6 is 0 Å². The topological polar surface area (TPSA) is 72.2 Å². The maximum Gasteiger partial charge on any atom is 0.225 e. The molecule has 1 aliphatic rings. The fraction of sp³-hybridized carbons (Fsp3) is 0.778. The standard InChI is InChI=1S/C9H16N2O2/c10-8-4-2-1-3-7(8)9(13)11-5-6-12/h6-8H,1-5,10H2,(H,11,13)/t7-,8+/m1/s1. The fourth-order valence-corrected chi connectivity index (χ4v) is 1.76. The SMILES string of the molecule is N[C@H]1CCCC[C@H]1C(=O)NCC=O. The summed E-state index contributed by atoms with van der Waals surface area (Å²) in [6.07, 6.45) is 4.63. The molecule has 4 nitrogen and oxygen atoms in total. The van der Waals surface area contributed by atoms with Crippen LogP contribution in [-0.4, -0.2) is 24.8 Å². The van der Waals surface area contributed by atoms with Crippen molar-refractivity contribution in [2.45, 2.75) is 31.7 Å². The maximum atomic E-state index is 11.4. The first kappa shape index (κ1) is 10.2. The van der Waals surface area contributed by atoms with Crippen molar-refractivity contribution in [2.24, 2.45) is 11.7 Å². The lowest BCUT2D eigenvalue weighted by atomic mass is 9.84. The summed E-state index contributed by atoms with van der Waals surface area (Å²) in [7, 11) is 0. The Morgan fingerprint density at radius 2 is 2.15 bits per heavy atom. The molecule has 0 radical (unpaired) electrons. The number of aldehydes is 1. The van der Waals surface area contributed by atoms with Gasteiger partial charge in [0.1, 0.15) is 6.29 Å². The number of carbonyl (C=O) groups is 2. The van der Waals surface area contributed by atoms with Crippen molar-refractivity contribution < 1.29 is 9.59 Å². The first-order valence-electron chi connectivity index (χ1n) is 4.72. The Kier molecular flexibility index (Phi) is 3.89. The van der Waals surface area contributed by atoms with Gasteiger partial charge in [0, 0.05) is 6.04 Å². The van der Waals surface area contributed by atoms with E-state index in [2.05, 4.69) is 5.32 Å². The summed E-state index contributed by atoms with van der Waals surface area (Å²) < 4.78 is 0. The zero-order valence-electron chi connectivity index (χ0n) is 7.66. The minimum atomic E-state index is -0.0892. The zero-order chi connectivity index (χ0) is 9.68. The van der Waals surface area contributed by atoms with E-state index in [-0.39, 0.29) is 24.4 Å². The predicted octanol–water partition coefficient (Wildman–Crippen LogP) is -0.181. The molecule has 2 atom stereocenters. The Balaban J connectivity index is 2.39. The largest absolute Gasteiger partial charge is 0.349 e. The number of nitrogens with two attached hydrogens (primary N) is 1. The van der Waals surface area contributed by atoms with E-state index in [1.165, 1.54) is 0 Å². The number of hydrogen-bond donors (Lipinski definition) is 2. The van der Waals surface area contributed by atoms with Crippen molar-refractivity contribution in [3.63, 3.8) is 0 Å². The Hall–Kier alpha value is -0.900. The second-order valence-corrected chi connectivity index (χ2v) is 3.47. The minimum Gasteiger partial charge on any atom is -0.349 e. The minimum absolute atomic E-state index is 0.0274. The Morgan fingerprint density at radius 3 is 2.77 bits per heavy atom. The molecule has 1 amide bonds. The number of amides is 1. The molecule has 0 spiro atoms. The quantitative estimate of drug-likeness (QED) is 0.597. The molecule has 3 N–H and O–H groups in total. The molecule has 1 fully saturated rings. The molecule has 13 heavy (non-hydrogen) atoms. The first-order valence-corrected chi connectivity index (χ1v) is 4.72. The van der Waals surface area contributed by atoms with Gasteiger partial charge >= 0.3 is 0 Å². The molecule has 0 bridgehead atoms. The molecule has 0 saturated heterocycles. The average Bonchev–Trinajstić information content (AvgIpc) is 2.15. The van der Waals surface area contributed by atoms with Crippen LogP contribution < -0.4 is 11.1 Å². The van der Waals surface area contributed by atoms with Gasteiger partial charge in [-0.3, -0.25) is 4.79 Å². The molecule has 0 aromatic heterocycles. The van der Waals surface area contributed by atoms with Gasteiger partial charge in [-0.05, 0) is 12.8 Å². The molecule has 4 heteroatoms. The van der Waals surface area contributed by atoms with Crippen LogP contribution in [0.5, 0.6) is 0 Å². The van der Waals surface area contributed by atoms with E-state index in [9.17, 15) is 9.59 Å². The van der Waals surface area contributed by atoms with Crippen LogP contribution in [-0.2, 0) is 9.59 Å². The average molecular weight is 184 g/mol. The highest BCUT2D eigenvalue weighted by molar-refractivity contribution is 5.81. The smallest absolute Gasteiger partial charge is 0.225 e. The predicted molar refractivity (Wildman–Crippen MR) is 49.0 cm³/mol. The normalized spacial score (nSPS) is 28.1. The summed E-state index contributed by atoms with van der Waals surface area (Å²) in [4.78, 5) is 21.4. The van der Waals surface area contributed by atoms with Crippen molar-refractivity contribution in [1.29, 1.82) is 0 Å². The van der Waals surface area contributed by atoms with Crippen LogP contribution in [0.2, 0.25) is 0 Å².